The van der Waals surface area contributed by atoms with Gasteiger partial charge < -0.3 is 9.80 Å². The van der Waals surface area contributed by atoms with E-state index < -0.39 is 0 Å². The number of benzene rings is 1. The number of fused-ring (bicyclic) bond motifs is 3. The summed E-state index contributed by atoms with van der Waals surface area (Å²) in [6, 6.07) is 6.90. The van der Waals surface area contributed by atoms with Gasteiger partial charge in [-0.05, 0) is 43.4 Å². The number of anilines is 2. The van der Waals surface area contributed by atoms with Crippen LogP contribution in [0.2, 0.25) is 0 Å². The molecule has 7 heteroatoms. The zero-order chi connectivity index (χ0) is 19.3. The van der Waals surface area contributed by atoms with E-state index in [1.165, 1.54) is 22.9 Å². The van der Waals surface area contributed by atoms with Gasteiger partial charge in [0.15, 0.2) is 0 Å². The summed E-state index contributed by atoms with van der Waals surface area (Å²) in [5, 5.41) is 0.830. The van der Waals surface area contributed by atoms with Crippen molar-refractivity contribution in [2.75, 3.05) is 36.0 Å². The van der Waals surface area contributed by atoms with Crippen molar-refractivity contribution in [3.05, 3.63) is 50.9 Å². The zero-order valence-electron chi connectivity index (χ0n) is 15.9. The molecule has 1 aliphatic heterocycles. The number of para-hydroxylation sites is 1. The molecule has 0 saturated carbocycles. The fraction of sp³-hybridized carbons (Fsp3) is 0.429. The van der Waals surface area contributed by atoms with Gasteiger partial charge in [-0.2, -0.15) is 0 Å². The zero-order valence-corrected chi connectivity index (χ0v) is 16.8. The third kappa shape index (κ3) is 2.80. The maximum absolute atomic E-state index is 14.1. The summed E-state index contributed by atoms with van der Waals surface area (Å²) >= 11 is 1.69. The second-order valence-electron chi connectivity index (χ2n) is 7.59. The topological polar surface area (TPSA) is 41.4 Å². The van der Waals surface area contributed by atoms with Gasteiger partial charge in [0, 0.05) is 38.1 Å². The van der Waals surface area contributed by atoms with Crippen molar-refractivity contribution < 1.29 is 4.39 Å². The maximum atomic E-state index is 14.1. The lowest BCUT2D eigenvalue weighted by Crippen LogP contribution is -2.48. The van der Waals surface area contributed by atoms with Crippen LogP contribution in [-0.4, -0.2) is 35.7 Å². The van der Waals surface area contributed by atoms with Gasteiger partial charge in [0.1, 0.15) is 10.6 Å². The molecule has 28 heavy (non-hydrogen) atoms. The first-order valence-corrected chi connectivity index (χ1v) is 10.7. The number of aromatic nitrogens is 2. The summed E-state index contributed by atoms with van der Waals surface area (Å²) in [6.07, 6.45) is 4.41. The van der Waals surface area contributed by atoms with Crippen molar-refractivity contribution in [3.8, 4) is 0 Å². The van der Waals surface area contributed by atoms with E-state index in [1.807, 2.05) is 19.2 Å². The van der Waals surface area contributed by atoms with E-state index in [0.29, 0.717) is 31.9 Å². The van der Waals surface area contributed by atoms with Crippen LogP contribution in [-0.2, 0) is 19.9 Å². The van der Waals surface area contributed by atoms with Gasteiger partial charge in [-0.3, -0.25) is 9.36 Å². The van der Waals surface area contributed by atoms with Crippen LogP contribution in [0.25, 0.3) is 10.2 Å². The van der Waals surface area contributed by atoms with Gasteiger partial charge >= 0.3 is 0 Å². The quantitative estimate of drug-likeness (QED) is 0.664. The molecule has 2 aliphatic rings. The van der Waals surface area contributed by atoms with Crippen molar-refractivity contribution in [2.24, 2.45) is 7.05 Å². The average molecular weight is 399 g/mol. The molecule has 3 heterocycles. The van der Waals surface area contributed by atoms with Gasteiger partial charge in [-0.1, -0.05) is 12.1 Å². The van der Waals surface area contributed by atoms with Gasteiger partial charge in [-0.15, -0.1) is 11.3 Å². The number of thiophene rings is 1. The molecule has 1 saturated heterocycles. The van der Waals surface area contributed by atoms with Crippen LogP contribution in [0.3, 0.4) is 0 Å². The van der Waals surface area contributed by atoms with Crippen LogP contribution >= 0.6 is 11.3 Å². The van der Waals surface area contributed by atoms with E-state index in [1.54, 1.807) is 22.0 Å². The molecule has 0 atom stereocenters. The Balaban J connectivity index is 1.45. The van der Waals surface area contributed by atoms with Crippen LogP contribution in [0.1, 0.15) is 23.3 Å². The Morgan fingerprint density at radius 3 is 2.54 bits per heavy atom. The number of rotatable bonds is 2. The number of nitrogens with zero attached hydrogens (tertiary/aromatic N) is 4. The van der Waals surface area contributed by atoms with E-state index in [2.05, 4.69) is 9.80 Å². The molecule has 5 nitrogen and oxygen atoms in total. The van der Waals surface area contributed by atoms with Gasteiger partial charge in [-0.25, -0.2) is 9.37 Å². The molecule has 0 amide bonds. The Morgan fingerprint density at radius 1 is 1.04 bits per heavy atom. The lowest BCUT2D eigenvalue weighted by Gasteiger charge is -2.37. The van der Waals surface area contributed by atoms with Crippen molar-refractivity contribution >= 4 is 33.2 Å². The lowest BCUT2D eigenvalue weighted by molar-refractivity contribution is 0.588. The third-order valence-electron chi connectivity index (χ3n) is 5.93. The van der Waals surface area contributed by atoms with Crippen LogP contribution in [0.4, 0.5) is 16.0 Å². The van der Waals surface area contributed by atoms with Crippen LogP contribution in [0.5, 0.6) is 0 Å². The standard InChI is InChI=1S/C21H23FN4OS/c1-24-20(27)18-14-6-2-5-9-17(14)28-19(18)23-21(24)26-12-10-25(11-13-26)16-8-4-3-7-15(16)22/h3-4,7-8H,2,5-6,9-13H2,1H3. The first-order valence-electron chi connectivity index (χ1n) is 9.89. The van der Waals surface area contributed by atoms with Crippen molar-refractivity contribution in [2.45, 2.75) is 25.7 Å². The minimum Gasteiger partial charge on any atom is -0.366 e. The van der Waals surface area contributed by atoms with E-state index in [0.717, 1.165) is 35.4 Å². The summed E-state index contributed by atoms with van der Waals surface area (Å²) < 4.78 is 15.8. The molecule has 2 aromatic heterocycles. The van der Waals surface area contributed by atoms with E-state index >= 15 is 0 Å². The van der Waals surface area contributed by atoms with Crippen molar-refractivity contribution in [1.29, 1.82) is 0 Å². The molecule has 1 aliphatic carbocycles. The minimum absolute atomic E-state index is 0.0657. The molecular weight excluding hydrogens is 375 g/mol. The number of piperazine rings is 1. The van der Waals surface area contributed by atoms with Gasteiger partial charge in [0.2, 0.25) is 5.95 Å². The molecule has 3 aromatic rings. The van der Waals surface area contributed by atoms with E-state index in [-0.39, 0.29) is 11.4 Å². The number of hydrogen-bond acceptors (Lipinski definition) is 5. The fourth-order valence-corrected chi connectivity index (χ4v) is 5.66. The smallest absolute Gasteiger partial charge is 0.263 e. The first kappa shape index (κ1) is 17.7. The minimum atomic E-state index is -0.188. The molecule has 1 aromatic carbocycles. The lowest BCUT2D eigenvalue weighted by atomic mass is 9.97. The average Bonchev–Trinajstić information content (AvgIpc) is 3.10. The monoisotopic (exact) mass is 398 g/mol. The molecule has 0 N–H and O–H groups in total. The Bertz CT molecular complexity index is 1100. The predicted octanol–water partition coefficient (Wildman–Crippen LogP) is 3.34. The predicted molar refractivity (Wildman–Crippen MR) is 112 cm³/mol. The van der Waals surface area contributed by atoms with Crippen molar-refractivity contribution in [3.63, 3.8) is 0 Å². The van der Waals surface area contributed by atoms with Crippen LogP contribution in [0.15, 0.2) is 29.1 Å². The highest BCUT2D eigenvalue weighted by molar-refractivity contribution is 7.18. The molecule has 5 rings (SSSR count). The van der Waals surface area contributed by atoms with E-state index in [4.69, 9.17) is 4.98 Å². The Hall–Kier alpha value is -2.41. The summed E-state index contributed by atoms with van der Waals surface area (Å²) in [5.74, 6) is 0.538. The van der Waals surface area contributed by atoms with Gasteiger partial charge in [0.05, 0.1) is 11.1 Å². The summed E-state index contributed by atoms with van der Waals surface area (Å²) in [4.78, 5) is 24.4. The molecule has 0 spiro atoms. The second-order valence-corrected chi connectivity index (χ2v) is 8.68. The molecule has 0 bridgehead atoms. The highest BCUT2D eigenvalue weighted by Gasteiger charge is 2.25. The molecule has 146 valence electrons. The SMILES string of the molecule is Cn1c(N2CCN(c3ccccc3F)CC2)nc2sc3c(c2c1=O)CCCC3. The van der Waals surface area contributed by atoms with Crippen LogP contribution in [0, 0.1) is 5.82 Å². The highest BCUT2D eigenvalue weighted by atomic mass is 32.1. The third-order valence-corrected chi connectivity index (χ3v) is 7.11. The highest BCUT2D eigenvalue weighted by Crippen LogP contribution is 2.34. The normalized spacial score (nSPS) is 17.2. The fourth-order valence-electron chi connectivity index (χ4n) is 4.41. The number of halogens is 1. The Morgan fingerprint density at radius 2 is 1.75 bits per heavy atom. The Labute approximate surface area is 167 Å². The number of hydrogen-bond donors (Lipinski definition) is 0. The molecular formula is C21H23FN4OS. The van der Waals surface area contributed by atoms with Crippen LogP contribution < -0.4 is 15.4 Å². The maximum Gasteiger partial charge on any atom is 0.263 e. The summed E-state index contributed by atoms with van der Waals surface area (Å²) in [7, 11) is 1.82. The van der Waals surface area contributed by atoms with Crippen molar-refractivity contribution in [1.82, 2.24) is 9.55 Å². The summed E-state index contributed by atoms with van der Waals surface area (Å²) in [6.45, 7) is 2.84. The summed E-state index contributed by atoms with van der Waals surface area (Å²) in [5.41, 5.74) is 1.94. The van der Waals surface area contributed by atoms with Gasteiger partial charge in [0.25, 0.3) is 5.56 Å². The number of aryl methyl sites for hydroxylation is 2. The van der Waals surface area contributed by atoms with E-state index in [9.17, 15) is 9.18 Å². The molecule has 1 fully saturated rings. The molecule has 0 radical (unpaired) electrons. The second kappa shape index (κ2) is 6.88. The largest absolute Gasteiger partial charge is 0.366 e. The Kier molecular flexibility index (Phi) is 4.34. The first-order chi connectivity index (χ1) is 13.6. The molecule has 0 unspecified atom stereocenters.